The summed E-state index contributed by atoms with van der Waals surface area (Å²) in [5.74, 6) is 0.311. The average Bonchev–Trinajstić information content (AvgIpc) is 3.57. The molecule has 2 aliphatic carbocycles. The third-order valence-corrected chi connectivity index (χ3v) is 11.0. The zero-order valence-corrected chi connectivity index (χ0v) is 26.7. The lowest BCUT2D eigenvalue weighted by Crippen LogP contribution is -2.36. The van der Waals surface area contributed by atoms with Gasteiger partial charge in [0.05, 0.1) is 0 Å². The topological polar surface area (TPSA) is 13.1 Å². The largest absolute Gasteiger partial charge is 0.455 e. The molecule has 0 fully saturated rings. The molecule has 1 heterocycles. The highest BCUT2D eigenvalue weighted by molar-refractivity contribution is 6.32. The molecule has 228 valence electrons. The van der Waals surface area contributed by atoms with Crippen molar-refractivity contribution < 1.29 is 4.42 Å². The molecular weight excluding hydrogens is 593 g/mol. The van der Waals surface area contributed by atoms with E-state index in [0.29, 0.717) is 0 Å². The maximum absolute atomic E-state index is 7.17. The number of furan rings is 1. The number of hydrogen-bond acceptors (Lipinski definition) is 1. The second kappa shape index (κ2) is 10.2. The van der Waals surface area contributed by atoms with Gasteiger partial charge in [0.1, 0.15) is 11.2 Å². The van der Waals surface area contributed by atoms with Crippen LogP contribution in [0.3, 0.4) is 0 Å². The summed E-state index contributed by atoms with van der Waals surface area (Å²) in [7, 11) is 0. The van der Waals surface area contributed by atoms with Crippen molar-refractivity contribution in [3.05, 3.63) is 180 Å². The van der Waals surface area contributed by atoms with E-state index in [1.54, 1.807) is 0 Å². The van der Waals surface area contributed by atoms with Crippen LogP contribution >= 0.6 is 0 Å². The molecule has 0 N–H and O–H groups in total. The predicted octanol–water partition coefficient (Wildman–Crippen LogP) is 11.3. The summed E-state index contributed by atoms with van der Waals surface area (Å²) in [5.41, 5.74) is 7.08. The van der Waals surface area contributed by atoms with Gasteiger partial charge in [0.2, 0.25) is 0 Å². The maximum atomic E-state index is 7.17. The highest BCUT2D eigenvalue weighted by Crippen LogP contribution is 2.46. The molecule has 8 aromatic carbocycles. The second-order valence-corrected chi connectivity index (χ2v) is 13.5. The Morgan fingerprint density at radius 2 is 1.06 bits per heavy atom. The fourth-order valence-electron chi connectivity index (χ4n) is 8.91. The van der Waals surface area contributed by atoms with Crippen LogP contribution in [-0.2, 0) is 0 Å². The van der Waals surface area contributed by atoms with E-state index in [4.69, 9.17) is 4.42 Å². The minimum atomic E-state index is 0.114. The second-order valence-electron chi connectivity index (χ2n) is 13.5. The summed E-state index contributed by atoms with van der Waals surface area (Å²) in [4.78, 5) is 0. The molecule has 9 aromatic rings. The van der Waals surface area contributed by atoms with Gasteiger partial charge in [-0.05, 0) is 77.0 Å². The Morgan fingerprint density at radius 3 is 1.86 bits per heavy atom. The fourth-order valence-corrected chi connectivity index (χ4v) is 8.91. The highest BCUT2D eigenvalue weighted by atomic mass is 16.3. The molecule has 1 aromatic heterocycles. The zero-order valence-electron chi connectivity index (χ0n) is 26.7. The van der Waals surface area contributed by atoms with Crippen LogP contribution in [0.15, 0.2) is 168 Å². The smallest absolute Gasteiger partial charge is 0.143 e. The van der Waals surface area contributed by atoms with Crippen LogP contribution in [-0.4, -0.2) is 0 Å². The molecule has 0 amide bonds. The Labute approximate surface area is 283 Å². The van der Waals surface area contributed by atoms with Crippen LogP contribution in [0.4, 0.5) is 0 Å². The summed E-state index contributed by atoms with van der Waals surface area (Å²) in [6.07, 6.45) is 11.6. The molecule has 1 nitrogen and oxygen atoms in total. The molecule has 0 saturated heterocycles. The van der Waals surface area contributed by atoms with E-state index in [9.17, 15) is 0 Å². The lowest BCUT2D eigenvalue weighted by molar-refractivity contribution is 0.653. The summed E-state index contributed by atoms with van der Waals surface area (Å²) >= 11 is 0. The summed E-state index contributed by atoms with van der Waals surface area (Å²) in [6, 6.07) is 51.0. The lowest BCUT2D eigenvalue weighted by Gasteiger charge is -2.29. The normalized spacial score (nSPS) is 16.9. The molecule has 1 heteroatoms. The standard InChI is InChI=1S/C48H30O/c1-2-13-29(14-3-1)42-27-44-36-21-9-8-20-35(36)43(28-45(44)34-19-7-6-18-33(34)42)40-24-12-23-39-41-26-25-38-32-17-5-4-15-30(32)31-16-10-11-22-37(31)46(38)48(41)49-47(39)40/h1-28,35,43H. The summed E-state index contributed by atoms with van der Waals surface area (Å²) < 4.78 is 7.17. The van der Waals surface area contributed by atoms with Gasteiger partial charge in [-0.25, -0.2) is 0 Å². The van der Waals surface area contributed by atoms with Crippen LogP contribution < -0.4 is 10.4 Å². The summed E-state index contributed by atoms with van der Waals surface area (Å²) in [5, 5.41) is 15.0. The van der Waals surface area contributed by atoms with Crippen molar-refractivity contribution in [3.63, 3.8) is 0 Å². The van der Waals surface area contributed by atoms with Crippen molar-refractivity contribution in [2.75, 3.05) is 0 Å². The molecule has 0 aliphatic heterocycles. The van der Waals surface area contributed by atoms with E-state index in [-0.39, 0.29) is 11.8 Å². The van der Waals surface area contributed by atoms with Gasteiger partial charge >= 0.3 is 0 Å². The van der Waals surface area contributed by atoms with Crippen molar-refractivity contribution in [1.82, 2.24) is 0 Å². The number of benzene rings is 8. The van der Waals surface area contributed by atoms with E-state index in [0.717, 1.165) is 11.2 Å². The summed E-state index contributed by atoms with van der Waals surface area (Å²) in [6.45, 7) is 0. The molecule has 0 radical (unpaired) electrons. The monoisotopic (exact) mass is 622 g/mol. The van der Waals surface area contributed by atoms with Crippen molar-refractivity contribution in [3.8, 4) is 11.1 Å². The van der Waals surface area contributed by atoms with Crippen molar-refractivity contribution in [1.29, 1.82) is 0 Å². The Balaban J connectivity index is 1.22. The quantitative estimate of drug-likeness (QED) is 0.175. The molecule has 0 spiro atoms. The zero-order chi connectivity index (χ0) is 32.1. The maximum Gasteiger partial charge on any atom is 0.143 e. The van der Waals surface area contributed by atoms with Gasteiger partial charge in [-0.3, -0.25) is 0 Å². The molecule has 0 bridgehead atoms. The Morgan fingerprint density at radius 1 is 0.449 bits per heavy atom. The fraction of sp³-hybridized carbons (Fsp3) is 0.0417. The first kappa shape index (κ1) is 26.8. The van der Waals surface area contributed by atoms with Gasteiger partial charge in [0.25, 0.3) is 0 Å². The van der Waals surface area contributed by atoms with E-state index in [1.807, 2.05) is 0 Å². The van der Waals surface area contributed by atoms with Crippen LogP contribution in [0.1, 0.15) is 11.5 Å². The molecular formula is C48H30O. The van der Waals surface area contributed by atoms with Crippen LogP contribution in [0.5, 0.6) is 0 Å². The first-order chi connectivity index (χ1) is 24.3. The van der Waals surface area contributed by atoms with Crippen molar-refractivity contribution >= 4 is 76.7 Å². The number of para-hydroxylation sites is 1. The molecule has 0 saturated carbocycles. The van der Waals surface area contributed by atoms with Crippen LogP contribution in [0.2, 0.25) is 0 Å². The van der Waals surface area contributed by atoms with Gasteiger partial charge in [-0.2, -0.15) is 0 Å². The third-order valence-electron chi connectivity index (χ3n) is 11.0. The van der Waals surface area contributed by atoms with Crippen molar-refractivity contribution in [2.24, 2.45) is 5.92 Å². The first-order valence-electron chi connectivity index (χ1n) is 17.2. The van der Waals surface area contributed by atoms with E-state index >= 15 is 0 Å². The van der Waals surface area contributed by atoms with Crippen molar-refractivity contribution in [2.45, 2.75) is 5.92 Å². The van der Waals surface area contributed by atoms with Gasteiger partial charge < -0.3 is 4.42 Å². The minimum absolute atomic E-state index is 0.114. The van der Waals surface area contributed by atoms with Gasteiger partial charge in [-0.15, -0.1) is 0 Å². The SMILES string of the molecule is C1=CC2=c3cc(-c4ccccc4)c4ccccc4c3=CC(c3cccc4c3oc3c4ccc4c5ccccc5c5ccccc5c43)C2C=C1. The Bertz CT molecular complexity index is 3010. The van der Waals surface area contributed by atoms with Gasteiger partial charge in [-0.1, -0.05) is 158 Å². The third kappa shape index (κ3) is 3.76. The van der Waals surface area contributed by atoms with Gasteiger partial charge in [0.15, 0.2) is 0 Å². The van der Waals surface area contributed by atoms with Gasteiger partial charge in [0, 0.05) is 33.6 Å². The molecule has 11 rings (SSSR count). The van der Waals surface area contributed by atoms with Crippen LogP contribution in [0, 0.1) is 5.92 Å². The number of rotatable bonds is 2. The first-order valence-corrected chi connectivity index (χ1v) is 17.2. The minimum Gasteiger partial charge on any atom is -0.455 e. The van der Waals surface area contributed by atoms with E-state index < -0.39 is 0 Å². The highest BCUT2D eigenvalue weighted by Gasteiger charge is 2.30. The molecule has 2 aliphatic rings. The molecule has 2 atom stereocenters. The predicted molar refractivity (Wildman–Crippen MR) is 207 cm³/mol. The van der Waals surface area contributed by atoms with E-state index in [1.165, 1.54) is 86.6 Å². The molecule has 2 unspecified atom stereocenters. The Hall–Kier alpha value is -6.18. The Kier molecular flexibility index (Phi) is 5.57. The lowest BCUT2D eigenvalue weighted by atomic mass is 9.74. The number of fused-ring (bicyclic) bond motifs is 14. The number of allylic oxidation sites excluding steroid dienone is 4. The molecule has 49 heavy (non-hydrogen) atoms. The number of hydrogen-bond donors (Lipinski definition) is 0. The van der Waals surface area contributed by atoms with E-state index in [2.05, 4.69) is 170 Å². The average molecular weight is 623 g/mol. The van der Waals surface area contributed by atoms with Crippen LogP contribution in [0.25, 0.3) is 87.8 Å².